The Balaban J connectivity index is 1.43. The van der Waals surface area contributed by atoms with Crippen LogP contribution in [0.1, 0.15) is 16.7 Å². The molecule has 0 saturated carbocycles. The second kappa shape index (κ2) is 10.0. The second-order valence-corrected chi connectivity index (χ2v) is 9.41. The van der Waals surface area contributed by atoms with Crippen molar-refractivity contribution in [3.8, 4) is 17.4 Å². The fourth-order valence-corrected chi connectivity index (χ4v) is 4.66. The van der Waals surface area contributed by atoms with Gasteiger partial charge in [0.1, 0.15) is 34.6 Å². The molecule has 0 bridgehead atoms. The largest absolute Gasteiger partial charge is 0.438 e. The van der Waals surface area contributed by atoms with Crippen LogP contribution >= 0.6 is 0 Å². The maximum atomic E-state index is 14.3. The van der Waals surface area contributed by atoms with Crippen molar-refractivity contribution in [2.45, 2.75) is 19.6 Å². The number of fused-ring (bicyclic) bond motifs is 2. The highest BCUT2D eigenvalue weighted by molar-refractivity contribution is 5.81. The smallest absolute Gasteiger partial charge is 0.421 e. The summed E-state index contributed by atoms with van der Waals surface area (Å²) in [4.78, 5) is 24.6. The Kier molecular flexibility index (Phi) is 6.44. The van der Waals surface area contributed by atoms with Gasteiger partial charge in [0, 0.05) is 41.7 Å². The molecule has 0 atom stereocenters. The molecule has 0 spiro atoms. The number of ether oxygens (including phenoxy) is 1. The molecule has 2 aromatic carbocycles. The molecule has 42 heavy (non-hydrogen) atoms. The van der Waals surface area contributed by atoms with Gasteiger partial charge >= 0.3 is 6.18 Å². The molecule has 0 aliphatic rings. The standard InChI is InChI=1S/C29H17F6N5O2/c1-15-8-21(29(33,34)35)28(38-26(15)40-7-5-16-12-36-6-4-24(16)40)42-18-2-3-25-19(11-18)27(41)37-14-39(25)13-20-22(31)9-17(30)10-23(20)32/h2-12,14H,13H2,1H3. The summed E-state index contributed by atoms with van der Waals surface area (Å²) in [6.45, 7) is 1.05. The first-order chi connectivity index (χ1) is 20.0. The number of aryl methyl sites for hydroxylation is 1. The lowest BCUT2D eigenvalue weighted by molar-refractivity contribution is -0.138. The highest BCUT2D eigenvalue weighted by Crippen LogP contribution is 2.39. The molecule has 6 aromatic rings. The van der Waals surface area contributed by atoms with E-state index in [-0.39, 0.29) is 28.0 Å². The van der Waals surface area contributed by atoms with Crippen LogP contribution in [-0.4, -0.2) is 24.1 Å². The number of alkyl halides is 3. The lowest BCUT2D eigenvalue weighted by atomic mass is 10.1. The summed E-state index contributed by atoms with van der Waals surface area (Å²) in [5, 5.41) is 0.655. The van der Waals surface area contributed by atoms with Crippen molar-refractivity contribution in [2.75, 3.05) is 0 Å². The number of halogens is 6. The van der Waals surface area contributed by atoms with E-state index in [2.05, 4.69) is 15.0 Å². The topological polar surface area (TPSA) is 74.8 Å². The molecular formula is C29H17F6N5O2. The first-order valence-electron chi connectivity index (χ1n) is 12.3. The molecule has 6 rings (SSSR count). The van der Waals surface area contributed by atoms with Gasteiger partial charge in [0.05, 0.1) is 29.3 Å². The van der Waals surface area contributed by atoms with Crippen molar-refractivity contribution in [3.05, 3.63) is 118 Å². The van der Waals surface area contributed by atoms with Crippen molar-refractivity contribution < 1.29 is 31.1 Å². The van der Waals surface area contributed by atoms with E-state index in [1.807, 2.05) is 0 Å². The zero-order valence-corrected chi connectivity index (χ0v) is 21.5. The molecule has 4 aromatic heterocycles. The highest BCUT2D eigenvalue weighted by Gasteiger charge is 2.36. The summed E-state index contributed by atoms with van der Waals surface area (Å²) in [6, 6.07) is 9.19. The minimum atomic E-state index is -4.82. The molecule has 0 fully saturated rings. The Bertz CT molecular complexity index is 2050. The highest BCUT2D eigenvalue weighted by atomic mass is 19.4. The Labute approximate surface area is 232 Å². The summed E-state index contributed by atoms with van der Waals surface area (Å²) in [5.74, 6) is -4.08. The minimum Gasteiger partial charge on any atom is -0.438 e. The Hall–Kier alpha value is -5.20. The maximum Gasteiger partial charge on any atom is 0.421 e. The van der Waals surface area contributed by atoms with Crippen LogP contribution < -0.4 is 10.3 Å². The lowest BCUT2D eigenvalue weighted by Crippen LogP contribution is -2.15. The van der Waals surface area contributed by atoms with Gasteiger partial charge in [-0.2, -0.15) is 23.1 Å². The molecule has 4 heterocycles. The summed E-state index contributed by atoms with van der Waals surface area (Å²) < 4.78 is 92.5. The van der Waals surface area contributed by atoms with Crippen LogP contribution in [-0.2, 0) is 12.7 Å². The number of benzene rings is 2. The van der Waals surface area contributed by atoms with E-state index >= 15 is 0 Å². The second-order valence-electron chi connectivity index (χ2n) is 9.41. The van der Waals surface area contributed by atoms with Gasteiger partial charge in [-0.3, -0.25) is 9.78 Å². The molecule has 0 radical (unpaired) electrons. The third-order valence-electron chi connectivity index (χ3n) is 6.65. The first kappa shape index (κ1) is 27.0. The first-order valence-corrected chi connectivity index (χ1v) is 12.3. The van der Waals surface area contributed by atoms with E-state index in [0.717, 1.165) is 23.8 Å². The Morgan fingerprint density at radius 1 is 0.952 bits per heavy atom. The quantitative estimate of drug-likeness (QED) is 0.212. The van der Waals surface area contributed by atoms with E-state index < -0.39 is 52.7 Å². The number of rotatable bonds is 5. The third-order valence-corrected chi connectivity index (χ3v) is 6.65. The van der Waals surface area contributed by atoms with Crippen molar-refractivity contribution in [1.82, 2.24) is 24.1 Å². The zero-order valence-electron chi connectivity index (χ0n) is 21.5. The zero-order chi connectivity index (χ0) is 29.8. The number of hydrogen-bond acceptors (Lipinski definition) is 5. The molecule has 212 valence electrons. The number of hydrogen-bond donors (Lipinski definition) is 0. The van der Waals surface area contributed by atoms with Crippen LogP contribution in [0.4, 0.5) is 26.3 Å². The van der Waals surface area contributed by atoms with E-state index in [1.165, 1.54) is 23.6 Å². The molecule has 0 aliphatic heterocycles. The van der Waals surface area contributed by atoms with Crippen LogP contribution in [0.5, 0.6) is 11.6 Å². The monoisotopic (exact) mass is 581 g/mol. The summed E-state index contributed by atoms with van der Waals surface area (Å²) in [6.07, 6.45) is 1.04. The number of nitrogens with zero attached hydrogens (tertiary/aromatic N) is 5. The maximum absolute atomic E-state index is 14.3. The van der Waals surface area contributed by atoms with Crippen molar-refractivity contribution >= 4 is 21.8 Å². The molecular weight excluding hydrogens is 564 g/mol. The molecule has 0 saturated heterocycles. The summed E-state index contributed by atoms with van der Waals surface area (Å²) in [7, 11) is 0. The molecule has 0 amide bonds. The van der Waals surface area contributed by atoms with Crippen molar-refractivity contribution in [2.24, 2.45) is 0 Å². The molecule has 7 nitrogen and oxygen atoms in total. The normalized spacial score (nSPS) is 11.9. The Morgan fingerprint density at radius 3 is 2.45 bits per heavy atom. The molecule has 13 heteroatoms. The summed E-state index contributed by atoms with van der Waals surface area (Å²) >= 11 is 0. The minimum absolute atomic E-state index is 0.0947. The van der Waals surface area contributed by atoms with Gasteiger partial charge in [0.2, 0.25) is 5.88 Å². The van der Waals surface area contributed by atoms with E-state index in [1.54, 1.807) is 35.3 Å². The van der Waals surface area contributed by atoms with Gasteiger partial charge in [-0.25, -0.2) is 13.2 Å². The molecule has 0 unspecified atom stereocenters. The van der Waals surface area contributed by atoms with Gasteiger partial charge in [0.25, 0.3) is 5.56 Å². The van der Waals surface area contributed by atoms with E-state index in [4.69, 9.17) is 4.74 Å². The average Bonchev–Trinajstić information content (AvgIpc) is 3.36. The summed E-state index contributed by atoms with van der Waals surface area (Å²) in [5.41, 5.74) is -1.30. The average molecular weight is 581 g/mol. The van der Waals surface area contributed by atoms with Crippen LogP contribution in [0.25, 0.3) is 27.6 Å². The number of aromatic nitrogens is 5. The predicted molar refractivity (Wildman–Crippen MR) is 140 cm³/mol. The van der Waals surface area contributed by atoms with Gasteiger partial charge in [-0.05, 0) is 48.9 Å². The fourth-order valence-electron chi connectivity index (χ4n) is 4.66. The third kappa shape index (κ3) is 4.82. The van der Waals surface area contributed by atoms with E-state index in [9.17, 15) is 31.1 Å². The fraction of sp³-hybridized carbons (Fsp3) is 0.103. The molecule has 0 aliphatic carbocycles. The van der Waals surface area contributed by atoms with Crippen LogP contribution in [0, 0.1) is 24.4 Å². The lowest BCUT2D eigenvalue weighted by Gasteiger charge is -2.17. The van der Waals surface area contributed by atoms with Gasteiger partial charge < -0.3 is 13.9 Å². The number of pyridine rings is 2. The van der Waals surface area contributed by atoms with Crippen molar-refractivity contribution in [1.29, 1.82) is 0 Å². The predicted octanol–water partition coefficient (Wildman–Crippen LogP) is 6.72. The van der Waals surface area contributed by atoms with Crippen LogP contribution in [0.2, 0.25) is 0 Å². The Morgan fingerprint density at radius 2 is 1.71 bits per heavy atom. The molecule has 0 N–H and O–H groups in total. The van der Waals surface area contributed by atoms with Crippen LogP contribution in [0.3, 0.4) is 0 Å². The SMILES string of the molecule is Cc1cc(C(F)(F)F)c(Oc2ccc3c(c2)c(=O)ncn3Cc2c(F)cc(F)cc2F)nc1-n1ccc2cnccc21. The van der Waals surface area contributed by atoms with E-state index in [0.29, 0.717) is 17.6 Å². The van der Waals surface area contributed by atoms with Gasteiger partial charge in [-0.15, -0.1) is 0 Å². The van der Waals surface area contributed by atoms with Crippen molar-refractivity contribution in [3.63, 3.8) is 0 Å². The van der Waals surface area contributed by atoms with Gasteiger partial charge in [0.15, 0.2) is 0 Å². The van der Waals surface area contributed by atoms with Gasteiger partial charge in [-0.1, -0.05) is 0 Å². The van der Waals surface area contributed by atoms with Crippen LogP contribution in [0.15, 0.2) is 78.2 Å².